The van der Waals surface area contributed by atoms with E-state index in [2.05, 4.69) is 10.5 Å². The Morgan fingerprint density at radius 1 is 1.41 bits per heavy atom. The lowest BCUT2D eigenvalue weighted by atomic mass is 10.1. The van der Waals surface area contributed by atoms with Crippen LogP contribution in [0.2, 0.25) is 0 Å². The summed E-state index contributed by atoms with van der Waals surface area (Å²) in [7, 11) is 0. The minimum Gasteiger partial charge on any atom is -0.361 e. The number of carbonyl (C=O) groups is 2. The first-order valence-electron chi connectivity index (χ1n) is 8.98. The third-order valence-corrected chi connectivity index (χ3v) is 4.93. The largest absolute Gasteiger partial charge is 0.361 e. The number of nitrogens with zero attached hydrogens (tertiary/aromatic N) is 3. The molecule has 1 aliphatic heterocycles. The van der Waals surface area contributed by atoms with Crippen LogP contribution in [0.1, 0.15) is 52.2 Å². The van der Waals surface area contributed by atoms with Gasteiger partial charge in [-0.25, -0.2) is 0 Å². The number of amides is 2. The summed E-state index contributed by atoms with van der Waals surface area (Å²) in [5.41, 5.74) is 2.65. The molecule has 7 nitrogen and oxygen atoms in total. The van der Waals surface area contributed by atoms with E-state index in [0.717, 1.165) is 17.0 Å². The molecule has 3 rings (SSSR count). The number of aromatic nitrogens is 1. The summed E-state index contributed by atoms with van der Waals surface area (Å²) in [6.45, 7) is 4.75. The van der Waals surface area contributed by atoms with E-state index in [1.165, 1.54) is 0 Å². The molecule has 7 heteroatoms. The van der Waals surface area contributed by atoms with Gasteiger partial charge in [-0.15, -0.1) is 0 Å². The fourth-order valence-corrected chi connectivity index (χ4v) is 3.27. The van der Waals surface area contributed by atoms with Crippen LogP contribution in [-0.2, 0) is 11.3 Å². The molecule has 1 unspecified atom stereocenters. The summed E-state index contributed by atoms with van der Waals surface area (Å²) in [4.78, 5) is 26.7. The maximum atomic E-state index is 12.5. The van der Waals surface area contributed by atoms with Gasteiger partial charge in [-0.3, -0.25) is 9.59 Å². The number of likely N-dealkylation sites (tertiary alicyclic amines) is 1. The lowest BCUT2D eigenvalue weighted by Crippen LogP contribution is -2.36. The van der Waals surface area contributed by atoms with Crippen molar-refractivity contribution in [3.8, 4) is 6.07 Å². The van der Waals surface area contributed by atoms with Gasteiger partial charge in [0.05, 0.1) is 23.9 Å². The number of nitrogens with one attached hydrogen (secondary N) is 1. The maximum absolute atomic E-state index is 12.5. The fourth-order valence-electron chi connectivity index (χ4n) is 3.27. The number of carbonyl (C=O) groups excluding carboxylic acids is 2. The molecule has 1 atom stereocenters. The van der Waals surface area contributed by atoms with Crippen molar-refractivity contribution in [2.45, 2.75) is 45.7 Å². The first-order chi connectivity index (χ1) is 13.0. The lowest BCUT2D eigenvalue weighted by Gasteiger charge is -2.21. The van der Waals surface area contributed by atoms with Gasteiger partial charge in [0.2, 0.25) is 5.91 Å². The van der Waals surface area contributed by atoms with Gasteiger partial charge >= 0.3 is 0 Å². The zero-order chi connectivity index (χ0) is 19.4. The average Bonchev–Trinajstić information content (AvgIpc) is 2.88. The number of nitriles is 1. The summed E-state index contributed by atoms with van der Waals surface area (Å²) >= 11 is 0. The van der Waals surface area contributed by atoms with E-state index in [0.29, 0.717) is 43.5 Å². The predicted octanol–water partition coefficient (Wildman–Crippen LogP) is 2.47. The van der Waals surface area contributed by atoms with E-state index in [9.17, 15) is 9.59 Å². The lowest BCUT2D eigenvalue weighted by molar-refractivity contribution is -0.131. The van der Waals surface area contributed by atoms with E-state index >= 15 is 0 Å². The van der Waals surface area contributed by atoms with Gasteiger partial charge in [0.1, 0.15) is 5.76 Å². The first-order valence-corrected chi connectivity index (χ1v) is 8.98. The Bertz CT molecular complexity index is 877. The number of aryl methyl sites for hydroxylation is 2. The predicted molar refractivity (Wildman–Crippen MR) is 97.7 cm³/mol. The van der Waals surface area contributed by atoms with Gasteiger partial charge in [0.15, 0.2) is 0 Å². The second-order valence-corrected chi connectivity index (χ2v) is 6.81. The third-order valence-electron chi connectivity index (χ3n) is 4.93. The Morgan fingerprint density at radius 2 is 2.22 bits per heavy atom. The molecule has 2 amide bonds. The van der Waals surface area contributed by atoms with Gasteiger partial charge in [-0.05, 0) is 44.9 Å². The van der Waals surface area contributed by atoms with E-state index in [4.69, 9.17) is 9.78 Å². The number of hydrogen-bond donors (Lipinski definition) is 1. The molecule has 27 heavy (non-hydrogen) atoms. The Labute approximate surface area is 157 Å². The monoisotopic (exact) mass is 366 g/mol. The summed E-state index contributed by atoms with van der Waals surface area (Å²) in [6.07, 6.45) is 1.66. The highest BCUT2D eigenvalue weighted by atomic mass is 16.5. The van der Waals surface area contributed by atoms with Crippen LogP contribution in [0.5, 0.6) is 0 Å². The molecule has 0 radical (unpaired) electrons. The Balaban J connectivity index is 1.62. The Hall–Kier alpha value is -3.14. The molecular weight excluding hydrogens is 344 g/mol. The number of hydrogen-bond acceptors (Lipinski definition) is 5. The van der Waals surface area contributed by atoms with Crippen molar-refractivity contribution in [3.05, 3.63) is 52.4 Å². The average molecular weight is 366 g/mol. The second kappa shape index (κ2) is 8.04. The van der Waals surface area contributed by atoms with Gasteiger partial charge in [-0.1, -0.05) is 11.2 Å². The molecule has 0 spiro atoms. The number of rotatable bonds is 4. The molecule has 2 heterocycles. The summed E-state index contributed by atoms with van der Waals surface area (Å²) in [5, 5.41) is 15.9. The van der Waals surface area contributed by atoms with E-state index in [1.807, 2.05) is 19.9 Å². The minimum atomic E-state index is -0.219. The smallest absolute Gasteiger partial charge is 0.251 e. The van der Waals surface area contributed by atoms with E-state index < -0.39 is 0 Å². The van der Waals surface area contributed by atoms with Crippen LogP contribution in [0.3, 0.4) is 0 Å². The van der Waals surface area contributed by atoms with Gasteiger partial charge in [0, 0.05) is 30.1 Å². The highest BCUT2D eigenvalue weighted by molar-refractivity contribution is 5.94. The van der Waals surface area contributed by atoms with Crippen LogP contribution < -0.4 is 5.32 Å². The molecule has 1 aliphatic rings. The van der Waals surface area contributed by atoms with Crippen LogP contribution in [0.25, 0.3) is 0 Å². The molecule has 1 saturated heterocycles. The maximum Gasteiger partial charge on any atom is 0.251 e. The summed E-state index contributed by atoms with van der Waals surface area (Å²) < 4.78 is 5.18. The molecule has 0 bridgehead atoms. The Kier molecular flexibility index (Phi) is 5.55. The first kappa shape index (κ1) is 18.6. The van der Waals surface area contributed by atoms with Crippen molar-refractivity contribution in [1.29, 1.82) is 5.26 Å². The van der Waals surface area contributed by atoms with E-state index in [1.54, 1.807) is 29.2 Å². The molecule has 1 N–H and O–H groups in total. The Morgan fingerprint density at radius 3 is 2.93 bits per heavy atom. The summed E-state index contributed by atoms with van der Waals surface area (Å²) in [6, 6.07) is 8.55. The van der Waals surface area contributed by atoms with Crippen LogP contribution >= 0.6 is 0 Å². The van der Waals surface area contributed by atoms with Crippen molar-refractivity contribution in [3.63, 3.8) is 0 Å². The third kappa shape index (κ3) is 4.34. The van der Waals surface area contributed by atoms with Gasteiger partial charge < -0.3 is 14.7 Å². The standard InChI is InChI=1S/C20H22N4O3/c1-13-18(14(2)27-23-13)12-24-9-8-17(6-7-19(24)25)22-20(26)16-5-3-4-15(10-16)11-21/h3-5,10,17H,6-9,12H2,1-2H3,(H,22,26). The van der Waals surface area contributed by atoms with Crippen LogP contribution in [0, 0.1) is 25.2 Å². The van der Waals surface area contributed by atoms with Crippen molar-refractivity contribution in [2.75, 3.05) is 6.54 Å². The molecule has 1 aromatic carbocycles. The van der Waals surface area contributed by atoms with Crippen molar-refractivity contribution in [2.24, 2.45) is 0 Å². The minimum absolute atomic E-state index is 0.0678. The van der Waals surface area contributed by atoms with Crippen molar-refractivity contribution >= 4 is 11.8 Å². The molecule has 140 valence electrons. The highest BCUT2D eigenvalue weighted by Gasteiger charge is 2.25. The molecule has 0 saturated carbocycles. The van der Waals surface area contributed by atoms with Gasteiger partial charge in [0.25, 0.3) is 5.91 Å². The van der Waals surface area contributed by atoms with Gasteiger partial charge in [-0.2, -0.15) is 5.26 Å². The van der Waals surface area contributed by atoms with Crippen LogP contribution in [0.15, 0.2) is 28.8 Å². The normalized spacial score (nSPS) is 17.3. The summed E-state index contributed by atoms with van der Waals surface area (Å²) in [5.74, 6) is 0.578. The molecule has 2 aromatic rings. The molecular formula is C20H22N4O3. The zero-order valence-corrected chi connectivity index (χ0v) is 15.5. The molecule has 1 aromatic heterocycles. The van der Waals surface area contributed by atoms with E-state index in [-0.39, 0.29) is 17.9 Å². The number of benzene rings is 1. The van der Waals surface area contributed by atoms with Crippen molar-refractivity contribution in [1.82, 2.24) is 15.4 Å². The molecule has 0 aliphatic carbocycles. The highest BCUT2D eigenvalue weighted by Crippen LogP contribution is 2.19. The SMILES string of the molecule is Cc1noc(C)c1CN1CCC(NC(=O)c2cccc(C#N)c2)CCC1=O. The molecule has 1 fully saturated rings. The topological polar surface area (TPSA) is 99.2 Å². The van der Waals surface area contributed by atoms with Crippen molar-refractivity contribution < 1.29 is 14.1 Å². The zero-order valence-electron chi connectivity index (χ0n) is 15.5. The van der Waals surface area contributed by atoms with Crippen LogP contribution in [-0.4, -0.2) is 34.5 Å². The fraction of sp³-hybridized carbons (Fsp3) is 0.400. The van der Waals surface area contributed by atoms with Crippen LogP contribution in [0.4, 0.5) is 0 Å². The second-order valence-electron chi connectivity index (χ2n) is 6.81. The quantitative estimate of drug-likeness (QED) is 0.896.